The van der Waals surface area contributed by atoms with E-state index in [4.69, 9.17) is 0 Å². The third-order valence-electron chi connectivity index (χ3n) is 9.73. The quantitative estimate of drug-likeness (QED) is 0.115. The SMILES string of the molecule is C=C(C(=O)c1cc(-c2ccccc2)c(-c2ccccc2)s1)c1ccccc1.O=C1c2sc(-c3ccccc3)c(-c3ccccc3)c2CC1c1ccccc1.[H+]. The van der Waals surface area contributed by atoms with Crippen molar-refractivity contribution in [1.82, 2.24) is 0 Å². The summed E-state index contributed by atoms with van der Waals surface area (Å²) in [4.78, 5) is 30.3. The Bertz CT molecular complexity index is 2490. The fraction of sp³-hybridized carbons (Fsp3) is 0.0400. The Morgan fingerprint density at radius 2 is 1.00 bits per heavy atom. The number of fused-ring (bicyclic) bond motifs is 1. The molecular formula is C50H37O2S2+. The lowest BCUT2D eigenvalue weighted by Gasteiger charge is -2.11. The second-order valence-electron chi connectivity index (χ2n) is 13.1. The van der Waals surface area contributed by atoms with Crippen LogP contribution in [0.3, 0.4) is 0 Å². The smallest absolute Gasteiger partial charge is 0.293 e. The number of rotatable bonds is 8. The Balaban J connectivity index is 0.000000166. The normalized spacial score (nSPS) is 13.1. The van der Waals surface area contributed by atoms with Gasteiger partial charge in [0.05, 0.1) is 15.7 Å². The van der Waals surface area contributed by atoms with Crippen molar-refractivity contribution in [3.05, 3.63) is 221 Å². The van der Waals surface area contributed by atoms with Crippen LogP contribution in [-0.2, 0) is 6.42 Å². The summed E-state index contributed by atoms with van der Waals surface area (Å²) >= 11 is 3.18. The van der Waals surface area contributed by atoms with Gasteiger partial charge in [0.1, 0.15) is 0 Å². The number of hydrogen-bond donors (Lipinski definition) is 0. The molecule has 8 aromatic rings. The minimum absolute atomic E-state index is 0. The predicted octanol–water partition coefficient (Wildman–Crippen LogP) is 13.7. The van der Waals surface area contributed by atoms with Gasteiger partial charge >= 0.3 is 1.43 Å². The number of Topliss-reactive ketones (excluding diaryl/α,β-unsaturated/α-hetero) is 2. The molecule has 0 bridgehead atoms. The van der Waals surface area contributed by atoms with Gasteiger partial charge in [0.2, 0.25) is 5.78 Å². The van der Waals surface area contributed by atoms with Gasteiger partial charge in [0, 0.05) is 26.5 Å². The van der Waals surface area contributed by atoms with Crippen molar-refractivity contribution in [1.29, 1.82) is 0 Å². The van der Waals surface area contributed by atoms with E-state index in [2.05, 4.69) is 91.5 Å². The zero-order chi connectivity index (χ0) is 36.9. The number of ketones is 2. The lowest BCUT2D eigenvalue weighted by molar-refractivity contribution is 0.0975. The van der Waals surface area contributed by atoms with Crippen molar-refractivity contribution in [3.8, 4) is 43.1 Å². The molecule has 2 nitrogen and oxygen atoms in total. The zero-order valence-corrected chi connectivity index (χ0v) is 31.2. The molecule has 0 radical (unpaired) electrons. The Labute approximate surface area is 325 Å². The Hall–Kier alpha value is -6.20. The van der Waals surface area contributed by atoms with Crippen molar-refractivity contribution in [2.45, 2.75) is 12.3 Å². The summed E-state index contributed by atoms with van der Waals surface area (Å²) in [6, 6.07) is 63.1. The highest BCUT2D eigenvalue weighted by Crippen LogP contribution is 2.49. The third-order valence-corrected chi connectivity index (χ3v) is 12.2. The number of hydrogen-bond acceptors (Lipinski definition) is 4. The summed E-state index contributed by atoms with van der Waals surface area (Å²) in [7, 11) is 0. The van der Waals surface area contributed by atoms with Crippen LogP contribution in [0.1, 0.15) is 43.4 Å². The number of allylic oxidation sites excluding steroid dienone is 1. The first-order chi connectivity index (χ1) is 26.6. The maximum Gasteiger partial charge on any atom is 1.00 e. The van der Waals surface area contributed by atoms with Gasteiger partial charge in [-0.05, 0) is 51.4 Å². The van der Waals surface area contributed by atoms with Crippen LogP contribution in [0, 0.1) is 0 Å². The molecule has 2 heterocycles. The van der Waals surface area contributed by atoms with Crippen molar-refractivity contribution in [3.63, 3.8) is 0 Å². The van der Waals surface area contributed by atoms with E-state index in [9.17, 15) is 9.59 Å². The van der Waals surface area contributed by atoms with E-state index >= 15 is 0 Å². The number of carbonyl (C=O) groups excluding carboxylic acids is 2. The number of benzene rings is 6. The van der Waals surface area contributed by atoms with Crippen LogP contribution in [0.2, 0.25) is 0 Å². The summed E-state index contributed by atoms with van der Waals surface area (Å²) in [5, 5.41) is 0. The number of thiophene rings is 2. The molecule has 0 aliphatic heterocycles. The molecule has 0 saturated carbocycles. The number of carbonyl (C=O) groups is 2. The minimum atomic E-state index is -0.0558. The molecule has 2 aromatic heterocycles. The van der Waals surface area contributed by atoms with E-state index in [-0.39, 0.29) is 18.9 Å². The van der Waals surface area contributed by atoms with Gasteiger partial charge in [-0.3, -0.25) is 9.59 Å². The molecule has 1 aliphatic rings. The summed E-state index contributed by atoms with van der Waals surface area (Å²) in [6.45, 7) is 4.04. The standard InChI is InChI=1S/2C25H18OS/c26-23-20(17-10-4-1-5-11-17)16-21-22(18-12-6-2-7-13-18)24(27-25(21)23)19-14-8-3-9-15-19;1-18(19-11-5-2-6-12-19)24(26)23-17-22(20-13-7-3-8-14-20)25(27-23)21-15-9-4-10-16-21/h1-15,20H,16H2;2-17H,1H2/p+1. The molecular weight excluding hydrogens is 697 g/mol. The van der Waals surface area contributed by atoms with Crippen LogP contribution in [0.25, 0.3) is 48.7 Å². The van der Waals surface area contributed by atoms with Gasteiger partial charge in [0.25, 0.3) is 0 Å². The second-order valence-corrected chi connectivity index (χ2v) is 15.2. The second kappa shape index (κ2) is 15.8. The van der Waals surface area contributed by atoms with E-state index in [1.807, 2.05) is 103 Å². The van der Waals surface area contributed by atoms with Crippen LogP contribution < -0.4 is 0 Å². The molecule has 54 heavy (non-hydrogen) atoms. The molecule has 0 spiro atoms. The van der Waals surface area contributed by atoms with Crippen LogP contribution in [0.4, 0.5) is 0 Å². The molecule has 6 aromatic carbocycles. The molecule has 1 aliphatic carbocycles. The summed E-state index contributed by atoms with van der Waals surface area (Å²) in [6.07, 6.45) is 0.783. The van der Waals surface area contributed by atoms with Crippen molar-refractivity contribution in [2.75, 3.05) is 0 Å². The first kappa shape index (κ1) is 34.9. The third kappa shape index (κ3) is 7.10. The summed E-state index contributed by atoms with van der Waals surface area (Å²) in [5.41, 5.74) is 10.6. The first-order valence-corrected chi connectivity index (χ1v) is 19.6. The zero-order valence-electron chi connectivity index (χ0n) is 30.5. The summed E-state index contributed by atoms with van der Waals surface area (Å²) in [5.74, 6) is 0.186. The largest absolute Gasteiger partial charge is 1.00 e. The molecule has 0 fully saturated rings. The van der Waals surface area contributed by atoms with Crippen molar-refractivity contribution < 1.29 is 11.0 Å². The lowest BCUT2D eigenvalue weighted by Crippen LogP contribution is -2.06. The van der Waals surface area contributed by atoms with E-state index < -0.39 is 0 Å². The van der Waals surface area contributed by atoms with Gasteiger partial charge in [-0.25, -0.2) is 0 Å². The Kier molecular flexibility index (Phi) is 10.2. The maximum atomic E-state index is 13.2. The molecule has 0 N–H and O–H groups in total. The Morgan fingerprint density at radius 3 is 1.56 bits per heavy atom. The topological polar surface area (TPSA) is 34.1 Å². The average molecular weight is 734 g/mol. The molecule has 0 amide bonds. The molecule has 0 saturated heterocycles. The van der Waals surface area contributed by atoms with Gasteiger partial charge in [-0.2, -0.15) is 0 Å². The fourth-order valence-electron chi connectivity index (χ4n) is 7.03. The average Bonchev–Trinajstić information content (AvgIpc) is 3.96. The molecule has 260 valence electrons. The van der Waals surface area contributed by atoms with E-state index in [0.717, 1.165) is 44.0 Å². The molecule has 1 unspecified atom stereocenters. The first-order valence-electron chi connectivity index (χ1n) is 18.0. The maximum absolute atomic E-state index is 13.2. The molecule has 1 atom stereocenters. The lowest BCUT2D eigenvalue weighted by atomic mass is 9.93. The van der Waals surface area contributed by atoms with Gasteiger partial charge in [-0.1, -0.05) is 189 Å². The van der Waals surface area contributed by atoms with Crippen LogP contribution in [-0.4, -0.2) is 11.6 Å². The van der Waals surface area contributed by atoms with Gasteiger partial charge < -0.3 is 0 Å². The highest BCUT2D eigenvalue weighted by Gasteiger charge is 2.37. The van der Waals surface area contributed by atoms with E-state index in [0.29, 0.717) is 10.5 Å². The fourth-order valence-corrected chi connectivity index (χ4v) is 9.54. The monoisotopic (exact) mass is 733 g/mol. The molecule has 4 heteroatoms. The molecule has 9 rings (SSSR count). The highest BCUT2D eigenvalue weighted by molar-refractivity contribution is 7.19. The van der Waals surface area contributed by atoms with Crippen molar-refractivity contribution >= 4 is 39.8 Å². The van der Waals surface area contributed by atoms with Crippen LogP contribution in [0.5, 0.6) is 0 Å². The minimum Gasteiger partial charge on any atom is -0.293 e. The predicted molar refractivity (Wildman–Crippen MR) is 229 cm³/mol. The Morgan fingerprint density at radius 1 is 0.537 bits per heavy atom. The highest BCUT2D eigenvalue weighted by atomic mass is 32.1. The van der Waals surface area contributed by atoms with Crippen LogP contribution >= 0.6 is 22.7 Å². The summed E-state index contributed by atoms with van der Waals surface area (Å²) < 4.78 is 0. The van der Waals surface area contributed by atoms with Gasteiger partial charge in [-0.15, -0.1) is 22.7 Å². The van der Waals surface area contributed by atoms with E-state index in [1.54, 1.807) is 11.3 Å². The van der Waals surface area contributed by atoms with Crippen molar-refractivity contribution in [2.24, 2.45) is 0 Å². The van der Waals surface area contributed by atoms with Crippen LogP contribution in [0.15, 0.2) is 195 Å². The van der Waals surface area contributed by atoms with Gasteiger partial charge in [0.15, 0.2) is 5.78 Å². The van der Waals surface area contributed by atoms with E-state index in [1.165, 1.54) is 38.5 Å².